The molecule has 0 amide bonds. The molecule has 0 bridgehead atoms. The molecule has 1 rings (SSSR count). The molecule has 0 spiro atoms. The highest BCUT2D eigenvalue weighted by molar-refractivity contribution is 5.96. The predicted octanol–water partition coefficient (Wildman–Crippen LogP) is 2.90. The molecule has 4 heteroatoms. The third kappa shape index (κ3) is 2.75. The van der Waals surface area contributed by atoms with E-state index in [1.165, 1.54) is 0 Å². The SMILES string of the molecule is CC(C)CC(=O)c1cc(F)c(O)c(F)c1. The lowest BCUT2D eigenvalue weighted by atomic mass is 10.0. The second-order valence-electron chi connectivity index (χ2n) is 3.81. The van der Waals surface area contributed by atoms with Crippen LogP contribution in [0.25, 0.3) is 0 Å². The summed E-state index contributed by atoms with van der Waals surface area (Å²) in [6.45, 7) is 3.68. The van der Waals surface area contributed by atoms with E-state index in [1.807, 2.05) is 13.8 Å². The van der Waals surface area contributed by atoms with Crippen molar-refractivity contribution in [1.29, 1.82) is 0 Å². The zero-order valence-corrected chi connectivity index (χ0v) is 8.55. The van der Waals surface area contributed by atoms with E-state index in [2.05, 4.69) is 0 Å². The van der Waals surface area contributed by atoms with E-state index in [-0.39, 0.29) is 23.7 Å². The first-order chi connectivity index (χ1) is 6.91. The van der Waals surface area contributed by atoms with Gasteiger partial charge < -0.3 is 5.11 Å². The van der Waals surface area contributed by atoms with Gasteiger partial charge in [-0.15, -0.1) is 0 Å². The van der Waals surface area contributed by atoms with Crippen molar-refractivity contribution in [3.63, 3.8) is 0 Å². The summed E-state index contributed by atoms with van der Waals surface area (Å²) in [7, 11) is 0. The van der Waals surface area contributed by atoms with E-state index in [0.717, 1.165) is 12.1 Å². The third-order valence-corrected chi connectivity index (χ3v) is 1.93. The van der Waals surface area contributed by atoms with Crippen molar-refractivity contribution in [2.75, 3.05) is 0 Å². The van der Waals surface area contributed by atoms with Gasteiger partial charge in [-0.1, -0.05) is 13.8 Å². The number of benzene rings is 1. The molecule has 0 saturated carbocycles. The number of halogens is 2. The molecule has 0 saturated heterocycles. The second-order valence-corrected chi connectivity index (χ2v) is 3.81. The van der Waals surface area contributed by atoms with Gasteiger partial charge in [0.15, 0.2) is 23.2 Å². The van der Waals surface area contributed by atoms with E-state index in [9.17, 15) is 13.6 Å². The van der Waals surface area contributed by atoms with Crippen molar-refractivity contribution in [1.82, 2.24) is 0 Å². The van der Waals surface area contributed by atoms with E-state index < -0.39 is 17.4 Å². The normalized spacial score (nSPS) is 10.7. The number of ketones is 1. The van der Waals surface area contributed by atoms with Gasteiger partial charge in [0.1, 0.15) is 0 Å². The average Bonchev–Trinajstić information content (AvgIpc) is 2.12. The van der Waals surface area contributed by atoms with Crippen LogP contribution in [0.2, 0.25) is 0 Å². The molecular weight excluding hydrogens is 202 g/mol. The van der Waals surface area contributed by atoms with Crippen LogP contribution in [0.1, 0.15) is 30.6 Å². The Morgan fingerprint density at radius 1 is 1.33 bits per heavy atom. The van der Waals surface area contributed by atoms with Gasteiger partial charge >= 0.3 is 0 Å². The lowest BCUT2D eigenvalue weighted by molar-refractivity contribution is 0.0967. The zero-order valence-electron chi connectivity index (χ0n) is 8.55. The van der Waals surface area contributed by atoms with Crippen molar-refractivity contribution in [2.24, 2.45) is 5.92 Å². The van der Waals surface area contributed by atoms with Crippen molar-refractivity contribution in [3.05, 3.63) is 29.3 Å². The van der Waals surface area contributed by atoms with Crippen LogP contribution in [0.5, 0.6) is 5.75 Å². The van der Waals surface area contributed by atoms with Crippen molar-refractivity contribution < 1.29 is 18.7 Å². The van der Waals surface area contributed by atoms with Crippen molar-refractivity contribution >= 4 is 5.78 Å². The Morgan fingerprint density at radius 2 is 1.80 bits per heavy atom. The molecule has 15 heavy (non-hydrogen) atoms. The summed E-state index contributed by atoms with van der Waals surface area (Å²) in [5.41, 5.74) is -0.0449. The maximum Gasteiger partial charge on any atom is 0.187 e. The van der Waals surface area contributed by atoms with Crippen LogP contribution < -0.4 is 0 Å². The Kier molecular flexibility index (Phi) is 3.39. The van der Waals surface area contributed by atoms with E-state index in [1.54, 1.807) is 0 Å². The fourth-order valence-corrected chi connectivity index (χ4v) is 1.22. The van der Waals surface area contributed by atoms with Gasteiger partial charge in [0, 0.05) is 12.0 Å². The van der Waals surface area contributed by atoms with Gasteiger partial charge in [-0.05, 0) is 18.1 Å². The van der Waals surface area contributed by atoms with E-state index in [0.29, 0.717) is 0 Å². The third-order valence-electron chi connectivity index (χ3n) is 1.93. The smallest absolute Gasteiger partial charge is 0.187 e. The highest BCUT2D eigenvalue weighted by Gasteiger charge is 2.15. The number of carbonyl (C=O) groups excluding carboxylic acids is 1. The maximum absolute atomic E-state index is 12.9. The molecule has 2 nitrogen and oxygen atoms in total. The lowest BCUT2D eigenvalue weighted by Gasteiger charge is -2.05. The van der Waals surface area contributed by atoms with Crippen LogP contribution >= 0.6 is 0 Å². The van der Waals surface area contributed by atoms with Crippen LogP contribution in [0, 0.1) is 17.6 Å². The predicted molar refractivity (Wildman–Crippen MR) is 51.8 cm³/mol. The van der Waals surface area contributed by atoms with Crippen LogP contribution in [0.15, 0.2) is 12.1 Å². The highest BCUT2D eigenvalue weighted by atomic mass is 19.1. The van der Waals surface area contributed by atoms with E-state index >= 15 is 0 Å². The summed E-state index contributed by atoms with van der Waals surface area (Å²) < 4.78 is 25.8. The Bertz CT molecular complexity index is 363. The lowest BCUT2D eigenvalue weighted by Crippen LogP contribution is -2.04. The minimum atomic E-state index is -1.11. The van der Waals surface area contributed by atoms with Crippen molar-refractivity contribution in [3.8, 4) is 5.75 Å². The standard InChI is InChI=1S/C11H12F2O2/c1-6(2)3-10(14)7-4-8(12)11(15)9(13)5-7/h4-6,15H,3H2,1-2H3. The Balaban J connectivity index is 3.01. The molecule has 1 N–H and O–H groups in total. The molecule has 1 aromatic carbocycles. The topological polar surface area (TPSA) is 37.3 Å². The molecule has 0 aliphatic carbocycles. The number of aromatic hydroxyl groups is 1. The summed E-state index contributed by atoms with van der Waals surface area (Å²) in [5.74, 6) is -3.47. The monoisotopic (exact) mass is 214 g/mol. The Morgan fingerprint density at radius 3 is 2.20 bits per heavy atom. The summed E-state index contributed by atoms with van der Waals surface area (Å²) >= 11 is 0. The molecule has 0 radical (unpaired) electrons. The first-order valence-electron chi connectivity index (χ1n) is 4.63. The second kappa shape index (κ2) is 4.38. The first kappa shape index (κ1) is 11.6. The fourth-order valence-electron chi connectivity index (χ4n) is 1.22. The van der Waals surface area contributed by atoms with Gasteiger partial charge in [0.2, 0.25) is 0 Å². The van der Waals surface area contributed by atoms with Gasteiger partial charge in [-0.2, -0.15) is 0 Å². The minimum absolute atomic E-state index is 0.0449. The molecule has 0 heterocycles. The molecule has 0 fully saturated rings. The van der Waals surface area contributed by atoms with Crippen LogP contribution in [-0.2, 0) is 0 Å². The van der Waals surface area contributed by atoms with Gasteiger partial charge in [0.25, 0.3) is 0 Å². The molecule has 1 aromatic rings. The fraction of sp³-hybridized carbons (Fsp3) is 0.364. The van der Waals surface area contributed by atoms with Gasteiger partial charge in [-0.3, -0.25) is 4.79 Å². The zero-order chi connectivity index (χ0) is 11.6. The van der Waals surface area contributed by atoms with Crippen molar-refractivity contribution in [2.45, 2.75) is 20.3 Å². The molecule has 0 aliphatic heterocycles. The van der Waals surface area contributed by atoms with Gasteiger partial charge in [0.05, 0.1) is 0 Å². The summed E-state index contributed by atoms with van der Waals surface area (Å²) in [6, 6.07) is 1.70. The highest BCUT2D eigenvalue weighted by Crippen LogP contribution is 2.22. The average molecular weight is 214 g/mol. The van der Waals surface area contributed by atoms with Crippen LogP contribution in [-0.4, -0.2) is 10.9 Å². The summed E-state index contributed by atoms with van der Waals surface area (Å²) in [4.78, 5) is 11.5. The first-order valence-corrected chi connectivity index (χ1v) is 4.63. The quantitative estimate of drug-likeness (QED) is 0.785. The van der Waals surface area contributed by atoms with Crippen LogP contribution in [0.4, 0.5) is 8.78 Å². The molecule has 0 aromatic heterocycles. The van der Waals surface area contributed by atoms with Gasteiger partial charge in [-0.25, -0.2) is 8.78 Å². The Labute approximate surface area is 86.5 Å². The summed E-state index contributed by atoms with van der Waals surface area (Å²) in [5, 5.41) is 8.83. The molecular formula is C11H12F2O2. The van der Waals surface area contributed by atoms with E-state index in [4.69, 9.17) is 5.11 Å². The molecule has 0 unspecified atom stereocenters. The van der Waals surface area contributed by atoms with Crippen LogP contribution in [0.3, 0.4) is 0 Å². The molecule has 0 atom stereocenters. The minimum Gasteiger partial charge on any atom is -0.503 e. The molecule has 82 valence electrons. The number of phenolic OH excluding ortho intramolecular Hbond substituents is 1. The number of phenols is 1. The number of rotatable bonds is 3. The summed E-state index contributed by atoms with van der Waals surface area (Å²) in [6.07, 6.45) is 0.226. The largest absolute Gasteiger partial charge is 0.503 e. The number of Topliss-reactive ketones (excluding diaryl/α,β-unsaturated/α-hetero) is 1. The number of hydrogen-bond donors (Lipinski definition) is 1. The maximum atomic E-state index is 12.9. The Hall–Kier alpha value is -1.45. The number of hydrogen-bond acceptors (Lipinski definition) is 2. The molecule has 0 aliphatic rings. The number of carbonyl (C=O) groups is 1.